The van der Waals surface area contributed by atoms with Gasteiger partial charge in [-0.1, -0.05) is 6.07 Å². The largest absolute Gasteiger partial charge is 0.496 e. The van der Waals surface area contributed by atoms with Gasteiger partial charge >= 0.3 is 5.97 Å². The molecule has 0 saturated heterocycles. The van der Waals surface area contributed by atoms with Gasteiger partial charge in [0, 0.05) is 12.0 Å². The molecule has 0 aliphatic carbocycles. The Morgan fingerprint density at radius 1 is 1.32 bits per heavy atom. The first-order valence-electron chi connectivity index (χ1n) is 5.68. The fraction of sp³-hybridized carbons (Fsp3) is 0.385. The van der Waals surface area contributed by atoms with E-state index in [1.807, 2.05) is 0 Å². The summed E-state index contributed by atoms with van der Waals surface area (Å²) in [5.41, 5.74) is 6.37. The molecule has 0 aromatic heterocycles. The average molecular weight is 288 g/mol. The summed E-state index contributed by atoms with van der Waals surface area (Å²) in [6, 6.07) is 4.86. The standard InChI is InChI=1S/C13H17NO4.ClH/c1-3-18-13(16)10-5-4-9(6-11(15)8-14)12(7-10)17-2;/h4-5,7H,3,6,8,14H2,1-2H3;1H. The van der Waals surface area contributed by atoms with Gasteiger partial charge in [0.1, 0.15) is 5.75 Å². The van der Waals surface area contributed by atoms with Gasteiger partial charge in [-0.25, -0.2) is 4.79 Å². The smallest absolute Gasteiger partial charge is 0.338 e. The zero-order chi connectivity index (χ0) is 13.5. The molecule has 2 N–H and O–H groups in total. The van der Waals surface area contributed by atoms with Gasteiger partial charge in [0.25, 0.3) is 0 Å². The molecular weight excluding hydrogens is 270 g/mol. The maximum atomic E-state index is 11.5. The summed E-state index contributed by atoms with van der Waals surface area (Å²) in [5, 5.41) is 0. The zero-order valence-electron chi connectivity index (χ0n) is 11.0. The molecule has 0 heterocycles. The van der Waals surface area contributed by atoms with Gasteiger partial charge in [0.15, 0.2) is 5.78 Å². The molecule has 1 aromatic rings. The molecule has 0 amide bonds. The van der Waals surface area contributed by atoms with Crippen LogP contribution in [0.3, 0.4) is 0 Å². The van der Waals surface area contributed by atoms with E-state index in [0.717, 1.165) is 0 Å². The number of carbonyl (C=O) groups excluding carboxylic acids is 2. The maximum Gasteiger partial charge on any atom is 0.338 e. The fourth-order valence-corrected chi connectivity index (χ4v) is 1.52. The molecule has 106 valence electrons. The lowest BCUT2D eigenvalue weighted by Crippen LogP contribution is -2.16. The molecule has 0 bridgehead atoms. The number of hydrogen-bond donors (Lipinski definition) is 1. The molecule has 0 radical (unpaired) electrons. The number of ether oxygens (including phenoxy) is 2. The van der Waals surface area contributed by atoms with Gasteiger partial charge in [-0.15, -0.1) is 12.4 Å². The van der Waals surface area contributed by atoms with Crippen LogP contribution < -0.4 is 10.5 Å². The molecule has 1 aromatic carbocycles. The third-order valence-corrected chi connectivity index (χ3v) is 2.41. The van der Waals surface area contributed by atoms with Crippen LogP contribution in [0.2, 0.25) is 0 Å². The van der Waals surface area contributed by atoms with E-state index >= 15 is 0 Å². The summed E-state index contributed by atoms with van der Waals surface area (Å²) < 4.78 is 10.0. The van der Waals surface area contributed by atoms with Gasteiger partial charge in [0.2, 0.25) is 0 Å². The third-order valence-electron chi connectivity index (χ3n) is 2.41. The summed E-state index contributed by atoms with van der Waals surface area (Å²) in [5.74, 6) is -0.00737. The average Bonchev–Trinajstić information content (AvgIpc) is 2.39. The van der Waals surface area contributed by atoms with Crippen molar-refractivity contribution in [2.75, 3.05) is 20.3 Å². The Kier molecular flexibility index (Phi) is 7.79. The summed E-state index contributed by atoms with van der Waals surface area (Å²) >= 11 is 0. The van der Waals surface area contributed by atoms with Gasteiger partial charge < -0.3 is 15.2 Å². The lowest BCUT2D eigenvalue weighted by atomic mass is 10.1. The predicted molar refractivity (Wildman–Crippen MR) is 74.0 cm³/mol. The highest BCUT2D eigenvalue weighted by molar-refractivity contribution is 5.90. The van der Waals surface area contributed by atoms with Crippen LogP contribution in [0.5, 0.6) is 5.75 Å². The summed E-state index contributed by atoms with van der Waals surface area (Å²) in [6.45, 7) is 2.04. The Balaban J connectivity index is 0.00000324. The van der Waals surface area contributed by atoms with Crippen molar-refractivity contribution in [3.8, 4) is 5.75 Å². The molecular formula is C13H18ClNO4. The first-order chi connectivity index (χ1) is 8.62. The van der Waals surface area contributed by atoms with Crippen LogP contribution in [0.25, 0.3) is 0 Å². The van der Waals surface area contributed by atoms with E-state index in [4.69, 9.17) is 15.2 Å². The van der Waals surface area contributed by atoms with Crippen LogP contribution in [0.1, 0.15) is 22.8 Å². The second kappa shape index (κ2) is 8.50. The lowest BCUT2D eigenvalue weighted by Gasteiger charge is -2.09. The minimum atomic E-state index is -0.410. The number of methoxy groups -OCH3 is 1. The van der Waals surface area contributed by atoms with Crippen LogP contribution in [0.15, 0.2) is 18.2 Å². The van der Waals surface area contributed by atoms with E-state index in [9.17, 15) is 9.59 Å². The molecule has 1 rings (SSSR count). The molecule has 0 spiro atoms. The van der Waals surface area contributed by atoms with Crippen molar-refractivity contribution in [3.63, 3.8) is 0 Å². The number of rotatable bonds is 6. The van der Waals surface area contributed by atoms with Gasteiger partial charge in [-0.05, 0) is 19.1 Å². The number of esters is 1. The number of halogens is 1. The highest BCUT2D eigenvalue weighted by Gasteiger charge is 2.12. The van der Waals surface area contributed by atoms with Crippen molar-refractivity contribution in [2.45, 2.75) is 13.3 Å². The molecule has 0 saturated carbocycles. The Morgan fingerprint density at radius 3 is 2.53 bits per heavy atom. The van der Waals surface area contributed by atoms with Crippen molar-refractivity contribution in [2.24, 2.45) is 5.73 Å². The third kappa shape index (κ3) is 4.89. The number of Topliss-reactive ketones (excluding diaryl/α,β-unsaturated/α-hetero) is 1. The fourth-order valence-electron chi connectivity index (χ4n) is 1.52. The van der Waals surface area contributed by atoms with Gasteiger partial charge in [0.05, 0.1) is 25.8 Å². The van der Waals surface area contributed by atoms with Crippen molar-refractivity contribution in [1.82, 2.24) is 0 Å². The normalized spacial score (nSPS) is 9.42. The molecule has 0 unspecified atom stereocenters. The van der Waals surface area contributed by atoms with Crippen molar-refractivity contribution in [1.29, 1.82) is 0 Å². The predicted octanol–water partition coefficient (Wildman–Crippen LogP) is 1.36. The van der Waals surface area contributed by atoms with E-state index < -0.39 is 5.97 Å². The zero-order valence-corrected chi connectivity index (χ0v) is 11.8. The van der Waals surface area contributed by atoms with E-state index in [0.29, 0.717) is 23.5 Å². The summed E-state index contributed by atoms with van der Waals surface area (Å²) in [4.78, 5) is 22.8. The van der Waals surface area contributed by atoms with E-state index in [1.54, 1.807) is 25.1 Å². The number of ketones is 1. The van der Waals surface area contributed by atoms with Crippen LogP contribution in [0.4, 0.5) is 0 Å². The molecule has 6 heteroatoms. The van der Waals surface area contributed by atoms with Crippen molar-refractivity contribution < 1.29 is 19.1 Å². The number of benzene rings is 1. The molecule has 0 aliphatic rings. The van der Waals surface area contributed by atoms with Crippen molar-refractivity contribution in [3.05, 3.63) is 29.3 Å². The second-order valence-electron chi connectivity index (χ2n) is 3.67. The minimum absolute atomic E-state index is 0. The Labute approximate surface area is 118 Å². The van der Waals surface area contributed by atoms with Gasteiger partial charge in [-0.3, -0.25) is 4.79 Å². The number of carbonyl (C=O) groups is 2. The van der Waals surface area contributed by atoms with E-state index in [2.05, 4.69) is 0 Å². The molecule has 0 atom stereocenters. The molecule has 0 fully saturated rings. The van der Waals surface area contributed by atoms with Gasteiger partial charge in [-0.2, -0.15) is 0 Å². The topological polar surface area (TPSA) is 78.6 Å². The SMILES string of the molecule is CCOC(=O)c1ccc(CC(=O)CN)c(OC)c1.Cl. The van der Waals surface area contributed by atoms with Crippen molar-refractivity contribution >= 4 is 24.2 Å². The van der Waals surface area contributed by atoms with E-state index in [-0.39, 0.29) is 31.2 Å². The van der Waals surface area contributed by atoms with Crippen LogP contribution in [0, 0.1) is 0 Å². The monoisotopic (exact) mass is 287 g/mol. The van der Waals surface area contributed by atoms with Crippen LogP contribution in [-0.2, 0) is 16.0 Å². The highest BCUT2D eigenvalue weighted by atomic mass is 35.5. The Morgan fingerprint density at radius 2 is 2.00 bits per heavy atom. The highest BCUT2D eigenvalue weighted by Crippen LogP contribution is 2.21. The number of nitrogens with two attached hydrogens (primary N) is 1. The lowest BCUT2D eigenvalue weighted by molar-refractivity contribution is -0.117. The van der Waals surface area contributed by atoms with Crippen LogP contribution in [-0.4, -0.2) is 32.0 Å². The van der Waals surface area contributed by atoms with Crippen LogP contribution >= 0.6 is 12.4 Å². The molecule has 0 aliphatic heterocycles. The first kappa shape index (κ1) is 17.4. The summed E-state index contributed by atoms with van der Waals surface area (Å²) in [6.07, 6.45) is 0.197. The van der Waals surface area contributed by atoms with E-state index in [1.165, 1.54) is 7.11 Å². The quantitative estimate of drug-likeness (QED) is 0.799. The maximum absolute atomic E-state index is 11.5. The Bertz CT molecular complexity index is 448. The summed E-state index contributed by atoms with van der Waals surface area (Å²) in [7, 11) is 1.49. The second-order valence-corrected chi connectivity index (χ2v) is 3.67. The molecule has 5 nitrogen and oxygen atoms in total. The Hall–Kier alpha value is -1.59. The first-order valence-corrected chi connectivity index (χ1v) is 5.68. The number of hydrogen-bond acceptors (Lipinski definition) is 5. The molecule has 19 heavy (non-hydrogen) atoms. The minimum Gasteiger partial charge on any atom is -0.496 e.